The lowest BCUT2D eigenvalue weighted by atomic mass is 9.93. The van der Waals surface area contributed by atoms with E-state index in [4.69, 9.17) is 15.2 Å². The number of ether oxygens (including phenoxy) is 2. The number of rotatable bonds is 5. The highest BCUT2D eigenvalue weighted by Gasteiger charge is 2.21. The molecule has 4 rings (SSSR count). The lowest BCUT2D eigenvalue weighted by Gasteiger charge is -2.26. The summed E-state index contributed by atoms with van der Waals surface area (Å²) >= 11 is 0. The van der Waals surface area contributed by atoms with Gasteiger partial charge in [-0.2, -0.15) is 0 Å². The molecule has 0 heterocycles. The molecule has 0 spiro atoms. The summed E-state index contributed by atoms with van der Waals surface area (Å²) < 4.78 is 12.2. The Kier molecular flexibility index (Phi) is 5.34. The first kappa shape index (κ1) is 20.8. The van der Waals surface area contributed by atoms with Gasteiger partial charge in [-0.25, -0.2) is 0 Å². The van der Waals surface area contributed by atoms with Gasteiger partial charge in [-0.3, -0.25) is 4.48 Å². The van der Waals surface area contributed by atoms with E-state index in [1.165, 1.54) is 5.69 Å². The van der Waals surface area contributed by atoms with Crippen LogP contribution in [0.1, 0.15) is 0 Å². The van der Waals surface area contributed by atoms with E-state index in [9.17, 15) is 0 Å². The van der Waals surface area contributed by atoms with E-state index in [0.717, 1.165) is 44.5 Å². The monoisotopic (exact) mass is 413 g/mol. The van der Waals surface area contributed by atoms with E-state index in [2.05, 4.69) is 63.6 Å². The lowest BCUT2D eigenvalue weighted by molar-refractivity contribution is 0.357. The summed E-state index contributed by atoms with van der Waals surface area (Å²) in [6.45, 7) is 0. The molecule has 0 bridgehead atoms. The summed E-state index contributed by atoms with van der Waals surface area (Å²) in [4.78, 5) is 0. The molecule has 0 saturated carbocycles. The molecule has 0 aliphatic carbocycles. The molecule has 0 fully saturated rings. The van der Waals surface area contributed by atoms with Crippen molar-refractivity contribution in [3.63, 3.8) is 0 Å². The molecule has 2 N–H and O–H groups in total. The van der Waals surface area contributed by atoms with Gasteiger partial charge in [-0.15, -0.1) is 0 Å². The minimum atomic E-state index is 0.703. The Labute approximate surface area is 184 Å². The molecular formula is C27H29N2O2+. The molecule has 0 radical (unpaired) electrons. The summed E-state index contributed by atoms with van der Waals surface area (Å²) in [6.07, 6.45) is 0. The van der Waals surface area contributed by atoms with Gasteiger partial charge >= 0.3 is 0 Å². The lowest BCUT2D eigenvalue weighted by Crippen LogP contribution is -2.35. The second kappa shape index (κ2) is 7.97. The van der Waals surface area contributed by atoms with Crippen LogP contribution in [-0.4, -0.2) is 35.4 Å². The molecule has 0 saturated heterocycles. The highest BCUT2D eigenvalue weighted by atomic mass is 16.5. The molecule has 4 heteroatoms. The molecule has 0 aliphatic rings. The third-order valence-electron chi connectivity index (χ3n) is 5.60. The Morgan fingerprint density at radius 3 is 2.13 bits per heavy atom. The molecule has 0 aliphatic heterocycles. The summed E-state index contributed by atoms with van der Waals surface area (Å²) in [5, 5.41) is 2.20. The predicted molar refractivity (Wildman–Crippen MR) is 132 cm³/mol. The van der Waals surface area contributed by atoms with Crippen molar-refractivity contribution in [2.75, 3.05) is 41.1 Å². The van der Waals surface area contributed by atoms with E-state index >= 15 is 0 Å². The van der Waals surface area contributed by atoms with E-state index < -0.39 is 0 Å². The zero-order chi connectivity index (χ0) is 22.2. The van der Waals surface area contributed by atoms with E-state index in [1.807, 2.05) is 30.3 Å². The molecule has 31 heavy (non-hydrogen) atoms. The van der Waals surface area contributed by atoms with Gasteiger partial charge in [0.2, 0.25) is 0 Å². The fourth-order valence-corrected chi connectivity index (χ4v) is 4.15. The second-order valence-corrected chi connectivity index (χ2v) is 8.58. The van der Waals surface area contributed by atoms with Gasteiger partial charge in [-0.05, 0) is 46.2 Å². The van der Waals surface area contributed by atoms with Gasteiger partial charge < -0.3 is 15.2 Å². The van der Waals surface area contributed by atoms with Crippen LogP contribution in [0, 0.1) is 0 Å². The highest BCUT2D eigenvalue weighted by Crippen LogP contribution is 2.45. The van der Waals surface area contributed by atoms with Crippen LogP contribution in [0.25, 0.3) is 33.0 Å². The number of nitrogen functional groups attached to an aromatic ring is 1. The number of nitrogens with zero attached hydrogens (tertiary/aromatic N) is 1. The topological polar surface area (TPSA) is 44.5 Å². The highest BCUT2D eigenvalue weighted by molar-refractivity contribution is 6.03. The van der Waals surface area contributed by atoms with Crippen LogP contribution < -0.4 is 19.7 Å². The molecule has 4 nitrogen and oxygen atoms in total. The predicted octanol–water partition coefficient (Wildman–Crippen LogP) is 5.97. The van der Waals surface area contributed by atoms with Gasteiger partial charge in [0.15, 0.2) is 11.5 Å². The summed E-state index contributed by atoms with van der Waals surface area (Å²) in [7, 11) is 9.85. The standard InChI is InChI=1S/C27H29N2O2/c1-29(2,3)24-14-12-21(28)17-23(24)19-11-13-22-20(15-19)16-25(30-4)27(31-5)26(22)18-9-7-6-8-10-18/h6-17H,28H2,1-5H3/q+1. The number of hydrogen-bond donors (Lipinski definition) is 1. The van der Waals surface area contributed by atoms with Gasteiger partial charge in [0.05, 0.1) is 35.4 Å². The fraction of sp³-hybridized carbons (Fsp3) is 0.185. The number of quaternary nitrogens is 1. The van der Waals surface area contributed by atoms with Crippen molar-refractivity contribution in [3.8, 4) is 33.8 Å². The van der Waals surface area contributed by atoms with E-state index in [0.29, 0.717) is 10.2 Å². The largest absolute Gasteiger partial charge is 0.493 e. The second-order valence-electron chi connectivity index (χ2n) is 8.58. The van der Waals surface area contributed by atoms with Crippen LogP contribution in [0.2, 0.25) is 0 Å². The van der Waals surface area contributed by atoms with Crippen molar-refractivity contribution < 1.29 is 9.47 Å². The van der Waals surface area contributed by atoms with Crippen molar-refractivity contribution in [3.05, 3.63) is 72.8 Å². The third kappa shape index (κ3) is 3.82. The van der Waals surface area contributed by atoms with Crippen LogP contribution in [0.4, 0.5) is 11.4 Å². The van der Waals surface area contributed by atoms with Crippen molar-refractivity contribution in [2.24, 2.45) is 0 Å². The summed E-state index contributed by atoms with van der Waals surface area (Å²) in [6, 6.07) is 25.0. The zero-order valence-corrected chi connectivity index (χ0v) is 18.8. The van der Waals surface area contributed by atoms with Gasteiger partial charge in [-0.1, -0.05) is 42.5 Å². The Bertz CT molecular complexity index is 1240. The first-order valence-corrected chi connectivity index (χ1v) is 10.3. The molecule has 0 atom stereocenters. The number of nitrogens with two attached hydrogens (primary N) is 1. The van der Waals surface area contributed by atoms with Gasteiger partial charge in [0, 0.05) is 22.9 Å². The zero-order valence-electron chi connectivity index (χ0n) is 18.8. The fourth-order valence-electron chi connectivity index (χ4n) is 4.15. The first-order valence-electron chi connectivity index (χ1n) is 10.3. The maximum absolute atomic E-state index is 6.16. The Hall–Kier alpha value is -3.50. The molecule has 4 aromatic rings. The van der Waals surface area contributed by atoms with Gasteiger partial charge in [0.1, 0.15) is 5.69 Å². The molecule has 0 amide bonds. The minimum Gasteiger partial charge on any atom is -0.493 e. The molecule has 0 unspecified atom stereocenters. The van der Waals surface area contributed by atoms with E-state index in [1.54, 1.807) is 14.2 Å². The molecule has 0 aromatic heterocycles. The van der Waals surface area contributed by atoms with Crippen molar-refractivity contribution in [1.29, 1.82) is 0 Å². The maximum atomic E-state index is 6.16. The third-order valence-corrected chi connectivity index (χ3v) is 5.60. The average Bonchev–Trinajstić information content (AvgIpc) is 2.76. The molecular weight excluding hydrogens is 384 g/mol. The summed E-state index contributed by atoms with van der Waals surface area (Å²) in [5.41, 5.74) is 12.5. The number of methoxy groups -OCH3 is 2. The Morgan fingerprint density at radius 1 is 0.742 bits per heavy atom. The van der Waals surface area contributed by atoms with Crippen LogP contribution >= 0.6 is 0 Å². The smallest absolute Gasteiger partial charge is 0.169 e. The number of fused-ring (bicyclic) bond motifs is 1. The summed E-state index contributed by atoms with van der Waals surface area (Å²) in [5.74, 6) is 1.45. The normalized spacial score (nSPS) is 11.5. The minimum absolute atomic E-state index is 0.703. The van der Waals surface area contributed by atoms with Gasteiger partial charge in [0.25, 0.3) is 0 Å². The van der Waals surface area contributed by atoms with Crippen LogP contribution in [0.5, 0.6) is 11.5 Å². The van der Waals surface area contributed by atoms with Crippen molar-refractivity contribution >= 4 is 22.1 Å². The van der Waals surface area contributed by atoms with Crippen LogP contribution in [0.15, 0.2) is 72.8 Å². The number of hydrogen-bond acceptors (Lipinski definition) is 3. The molecule has 158 valence electrons. The first-order chi connectivity index (χ1) is 14.8. The Morgan fingerprint density at radius 2 is 1.48 bits per heavy atom. The maximum Gasteiger partial charge on any atom is 0.169 e. The quantitative estimate of drug-likeness (QED) is 0.324. The Balaban J connectivity index is 2.02. The van der Waals surface area contributed by atoms with Crippen LogP contribution in [0.3, 0.4) is 0 Å². The van der Waals surface area contributed by atoms with Crippen molar-refractivity contribution in [1.82, 2.24) is 4.48 Å². The number of anilines is 1. The van der Waals surface area contributed by atoms with Crippen LogP contribution in [-0.2, 0) is 0 Å². The van der Waals surface area contributed by atoms with Crippen molar-refractivity contribution in [2.45, 2.75) is 0 Å². The van der Waals surface area contributed by atoms with E-state index in [-0.39, 0.29) is 0 Å². The molecule has 4 aromatic carbocycles. The number of benzene rings is 4. The average molecular weight is 414 g/mol. The SMILES string of the molecule is COc1cc2cc(-c3cc(N)ccc3[N+](C)(C)C)ccc2c(-c2ccccc2)c1OC.